The van der Waals surface area contributed by atoms with E-state index < -0.39 is 22.5 Å². The molecule has 0 unspecified atom stereocenters. The van der Waals surface area contributed by atoms with Crippen molar-refractivity contribution in [3.8, 4) is 11.4 Å². The van der Waals surface area contributed by atoms with Crippen LogP contribution in [0, 0.1) is 5.92 Å². The summed E-state index contributed by atoms with van der Waals surface area (Å²) in [5.41, 5.74) is 1.45. The predicted molar refractivity (Wildman–Crippen MR) is 116 cm³/mol. The first kappa shape index (κ1) is 22.0. The Balaban J connectivity index is 1.52. The Hall–Kier alpha value is -3.24. The normalized spacial score (nSPS) is 13.8. The van der Waals surface area contributed by atoms with E-state index in [4.69, 9.17) is 9.47 Å². The summed E-state index contributed by atoms with van der Waals surface area (Å²) in [5, 5.41) is 8.14. The molecule has 1 saturated carbocycles. The van der Waals surface area contributed by atoms with Gasteiger partial charge >= 0.3 is 5.97 Å². The molecule has 0 atom stereocenters. The van der Waals surface area contributed by atoms with Crippen molar-refractivity contribution < 1.29 is 22.7 Å². The van der Waals surface area contributed by atoms with Gasteiger partial charge in [0.1, 0.15) is 12.3 Å². The zero-order valence-electron chi connectivity index (χ0n) is 17.6. The smallest absolute Gasteiger partial charge is 0.321 e. The van der Waals surface area contributed by atoms with Gasteiger partial charge < -0.3 is 9.47 Å². The summed E-state index contributed by atoms with van der Waals surface area (Å²) in [6.45, 7) is 0.246. The van der Waals surface area contributed by atoms with E-state index in [-0.39, 0.29) is 11.4 Å². The first-order valence-corrected chi connectivity index (χ1v) is 11.6. The van der Waals surface area contributed by atoms with Crippen molar-refractivity contribution in [3.05, 3.63) is 66.5 Å². The number of aromatic nitrogens is 3. The summed E-state index contributed by atoms with van der Waals surface area (Å²) in [4.78, 5) is 13.5. The molecular formula is C22H24N4O5S. The minimum absolute atomic E-state index is 0.00415. The van der Waals surface area contributed by atoms with Gasteiger partial charge in [0, 0.05) is 6.54 Å². The minimum Gasteiger partial charge on any atom is -0.493 e. The van der Waals surface area contributed by atoms with Crippen molar-refractivity contribution in [1.82, 2.24) is 19.3 Å². The molecule has 1 aromatic heterocycles. The van der Waals surface area contributed by atoms with E-state index in [1.807, 2.05) is 0 Å². The van der Waals surface area contributed by atoms with Crippen LogP contribution in [0.3, 0.4) is 0 Å². The highest BCUT2D eigenvalue weighted by atomic mass is 32.2. The molecule has 0 spiro atoms. The number of carbonyl (C=O) groups excluding carboxylic acids is 1. The molecule has 0 aliphatic heterocycles. The highest BCUT2D eigenvalue weighted by Gasteiger charge is 2.28. The van der Waals surface area contributed by atoms with E-state index in [0.29, 0.717) is 23.8 Å². The van der Waals surface area contributed by atoms with E-state index >= 15 is 0 Å². The minimum atomic E-state index is -3.95. The lowest BCUT2D eigenvalue weighted by atomic mass is 10.2. The van der Waals surface area contributed by atoms with Gasteiger partial charge in [-0.2, -0.15) is 19.3 Å². The molecular weight excluding hydrogens is 432 g/mol. The third kappa shape index (κ3) is 5.32. The molecule has 0 bridgehead atoms. The van der Waals surface area contributed by atoms with Crippen LogP contribution in [0.1, 0.15) is 18.4 Å². The van der Waals surface area contributed by atoms with E-state index in [2.05, 4.69) is 10.2 Å². The number of sulfonamides is 1. The molecule has 1 aliphatic rings. The van der Waals surface area contributed by atoms with E-state index in [9.17, 15) is 13.2 Å². The van der Waals surface area contributed by atoms with Crippen molar-refractivity contribution in [1.29, 1.82) is 0 Å². The van der Waals surface area contributed by atoms with Crippen molar-refractivity contribution in [2.45, 2.75) is 24.3 Å². The number of rotatable bonds is 10. The molecule has 3 aromatic rings. The predicted octanol–water partition coefficient (Wildman–Crippen LogP) is 2.42. The van der Waals surface area contributed by atoms with Crippen LogP contribution < -0.4 is 4.74 Å². The maximum atomic E-state index is 13.3. The summed E-state index contributed by atoms with van der Waals surface area (Å²) in [6.07, 6.45) is 5.49. The molecule has 0 N–H and O–H groups in total. The molecule has 0 saturated heterocycles. The number of esters is 1. The van der Waals surface area contributed by atoms with Crippen LogP contribution in [0.4, 0.5) is 0 Å². The lowest BCUT2D eigenvalue weighted by molar-refractivity contribution is -0.140. The van der Waals surface area contributed by atoms with Crippen molar-refractivity contribution in [2.75, 3.05) is 20.3 Å². The van der Waals surface area contributed by atoms with Gasteiger partial charge in [0.15, 0.2) is 0 Å². The Kier molecular flexibility index (Phi) is 6.52. The van der Waals surface area contributed by atoms with E-state index in [1.54, 1.807) is 48.8 Å². The number of benzene rings is 2. The van der Waals surface area contributed by atoms with Gasteiger partial charge in [0.05, 0.1) is 36.7 Å². The van der Waals surface area contributed by atoms with E-state index in [0.717, 1.165) is 9.99 Å². The molecule has 10 heteroatoms. The summed E-state index contributed by atoms with van der Waals surface area (Å²) in [7, 11) is -2.72. The Morgan fingerprint density at radius 1 is 1.06 bits per heavy atom. The van der Waals surface area contributed by atoms with E-state index in [1.165, 1.54) is 36.9 Å². The third-order valence-electron chi connectivity index (χ3n) is 5.12. The van der Waals surface area contributed by atoms with Gasteiger partial charge in [0.25, 0.3) is 0 Å². The van der Waals surface area contributed by atoms with Gasteiger partial charge in [-0.1, -0.05) is 12.1 Å². The quantitative estimate of drug-likeness (QED) is 0.432. The van der Waals surface area contributed by atoms with Gasteiger partial charge in [-0.15, -0.1) is 0 Å². The third-order valence-corrected chi connectivity index (χ3v) is 6.93. The number of carbonyl (C=O) groups is 1. The fraction of sp³-hybridized carbons (Fsp3) is 0.318. The van der Waals surface area contributed by atoms with Gasteiger partial charge in [-0.05, 0) is 60.7 Å². The van der Waals surface area contributed by atoms with Crippen LogP contribution in [0.15, 0.2) is 65.8 Å². The fourth-order valence-corrected chi connectivity index (χ4v) is 4.45. The number of hydrogen-bond acceptors (Lipinski definition) is 7. The Morgan fingerprint density at radius 3 is 2.31 bits per heavy atom. The molecule has 168 valence electrons. The summed E-state index contributed by atoms with van der Waals surface area (Å²) in [6, 6.07) is 13.4. The SMILES string of the molecule is COC(=O)CN(Cc1ccc(-n2nccn2)cc1)S(=O)(=O)c1ccc(OCC2CC2)cc1. The second-order valence-corrected chi connectivity index (χ2v) is 9.50. The molecule has 1 fully saturated rings. The molecule has 0 radical (unpaired) electrons. The zero-order chi connectivity index (χ0) is 22.6. The van der Waals surface area contributed by atoms with Gasteiger partial charge in [-0.3, -0.25) is 4.79 Å². The molecule has 32 heavy (non-hydrogen) atoms. The molecule has 1 aliphatic carbocycles. The highest BCUT2D eigenvalue weighted by Crippen LogP contribution is 2.30. The first-order valence-electron chi connectivity index (χ1n) is 10.2. The summed E-state index contributed by atoms with van der Waals surface area (Å²) < 4.78 is 38.1. The molecule has 0 amide bonds. The lowest BCUT2D eigenvalue weighted by Crippen LogP contribution is -2.35. The standard InChI is InChI=1S/C22H24N4O5S/c1-30-22(27)15-25(14-17-4-6-19(7-5-17)26-23-12-13-24-26)32(28,29)21-10-8-20(9-11-21)31-16-18-2-3-18/h4-13,18H,2-3,14-16H2,1H3. The monoisotopic (exact) mass is 456 g/mol. The van der Waals surface area contributed by atoms with Gasteiger partial charge in [0.2, 0.25) is 10.0 Å². The van der Waals surface area contributed by atoms with Crippen molar-refractivity contribution >= 4 is 16.0 Å². The second kappa shape index (κ2) is 9.49. The molecule has 2 aromatic carbocycles. The number of nitrogens with zero attached hydrogens (tertiary/aromatic N) is 4. The van der Waals surface area contributed by atoms with Crippen LogP contribution >= 0.6 is 0 Å². The second-order valence-electron chi connectivity index (χ2n) is 7.56. The molecule has 9 nitrogen and oxygen atoms in total. The highest BCUT2D eigenvalue weighted by molar-refractivity contribution is 7.89. The fourth-order valence-electron chi connectivity index (χ4n) is 3.08. The number of hydrogen-bond donors (Lipinski definition) is 0. The Labute approximate surface area is 186 Å². The van der Waals surface area contributed by atoms with Crippen molar-refractivity contribution in [3.63, 3.8) is 0 Å². The Bertz CT molecular complexity index is 1140. The average molecular weight is 457 g/mol. The molecule has 1 heterocycles. The van der Waals surface area contributed by atoms with Crippen LogP contribution in [-0.4, -0.2) is 53.9 Å². The maximum Gasteiger partial charge on any atom is 0.321 e. The zero-order valence-corrected chi connectivity index (χ0v) is 18.4. The Morgan fingerprint density at radius 2 is 1.72 bits per heavy atom. The van der Waals surface area contributed by atoms with Crippen LogP contribution in [0.25, 0.3) is 5.69 Å². The number of methoxy groups -OCH3 is 1. The largest absolute Gasteiger partial charge is 0.493 e. The maximum absolute atomic E-state index is 13.3. The summed E-state index contributed by atoms with van der Waals surface area (Å²) in [5.74, 6) is 0.581. The number of ether oxygens (including phenoxy) is 2. The van der Waals surface area contributed by atoms with Crippen LogP contribution in [0.5, 0.6) is 5.75 Å². The van der Waals surface area contributed by atoms with Gasteiger partial charge in [-0.25, -0.2) is 8.42 Å². The average Bonchev–Trinajstić information content (AvgIpc) is 3.48. The summed E-state index contributed by atoms with van der Waals surface area (Å²) >= 11 is 0. The van der Waals surface area contributed by atoms with Crippen LogP contribution in [0.2, 0.25) is 0 Å². The van der Waals surface area contributed by atoms with Crippen molar-refractivity contribution in [2.24, 2.45) is 5.92 Å². The topological polar surface area (TPSA) is 104 Å². The van der Waals surface area contributed by atoms with Crippen LogP contribution in [-0.2, 0) is 26.1 Å². The first-order chi connectivity index (χ1) is 15.5. The molecule has 4 rings (SSSR count). The lowest BCUT2D eigenvalue weighted by Gasteiger charge is -2.21.